The fourth-order valence-electron chi connectivity index (χ4n) is 2.28. The molecule has 0 saturated carbocycles. The molecule has 0 atom stereocenters. The van der Waals surface area contributed by atoms with E-state index in [9.17, 15) is 9.18 Å². The second-order valence-corrected chi connectivity index (χ2v) is 5.34. The Kier molecular flexibility index (Phi) is 5.15. The average Bonchev–Trinajstić information content (AvgIpc) is 2.68. The van der Waals surface area contributed by atoms with Crippen LogP contribution in [0.5, 0.6) is 0 Å². The molecule has 0 unspecified atom stereocenters. The normalized spacial score (nSPS) is 10.0. The SMILES string of the molecule is N#Cc1ccccc1NC(=O)c1cc(NCc2ccccc2F)ncn1. The first-order valence-corrected chi connectivity index (χ1v) is 7.77. The minimum Gasteiger partial charge on any atom is -0.366 e. The number of anilines is 2. The average molecular weight is 347 g/mol. The predicted octanol–water partition coefficient (Wildman–Crippen LogP) is 3.35. The maximum atomic E-state index is 13.7. The van der Waals surface area contributed by atoms with E-state index in [2.05, 4.69) is 20.6 Å². The van der Waals surface area contributed by atoms with Crippen LogP contribution >= 0.6 is 0 Å². The van der Waals surface area contributed by atoms with Gasteiger partial charge >= 0.3 is 0 Å². The molecule has 1 aromatic heterocycles. The lowest BCUT2D eigenvalue weighted by atomic mass is 10.2. The van der Waals surface area contributed by atoms with Crippen molar-refractivity contribution in [2.75, 3.05) is 10.6 Å². The molecule has 0 saturated heterocycles. The van der Waals surface area contributed by atoms with Crippen LogP contribution in [0, 0.1) is 17.1 Å². The number of hydrogen-bond acceptors (Lipinski definition) is 5. The van der Waals surface area contributed by atoms with Gasteiger partial charge in [-0.3, -0.25) is 4.79 Å². The minimum absolute atomic E-state index is 0.128. The molecule has 0 aliphatic heterocycles. The fraction of sp³-hybridized carbons (Fsp3) is 0.0526. The van der Waals surface area contributed by atoms with Gasteiger partial charge in [0, 0.05) is 18.2 Å². The Hall–Kier alpha value is -3.79. The number of para-hydroxylation sites is 1. The molecule has 0 fully saturated rings. The van der Waals surface area contributed by atoms with Crippen molar-refractivity contribution in [1.29, 1.82) is 5.26 Å². The number of benzene rings is 2. The Balaban J connectivity index is 1.71. The van der Waals surface area contributed by atoms with E-state index in [1.54, 1.807) is 42.5 Å². The third kappa shape index (κ3) is 3.99. The molecule has 6 nitrogen and oxygen atoms in total. The molecule has 1 amide bonds. The van der Waals surface area contributed by atoms with E-state index in [0.29, 0.717) is 22.6 Å². The molecule has 0 aliphatic carbocycles. The molecule has 0 aliphatic rings. The molecule has 26 heavy (non-hydrogen) atoms. The number of carbonyl (C=O) groups is 1. The standard InChI is InChI=1S/C19H14FN5O/c20-15-7-3-1-6-14(15)11-22-18-9-17(23-12-24-18)19(26)25-16-8-4-2-5-13(16)10-21/h1-9,12H,11H2,(H,25,26)(H,22,23,24). The molecule has 3 rings (SSSR count). The zero-order chi connectivity index (χ0) is 18.4. The van der Waals surface area contributed by atoms with Crippen molar-refractivity contribution in [3.8, 4) is 6.07 Å². The van der Waals surface area contributed by atoms with Gasteiger partial charge in [0.05, 0.1) is 11.3 Å². The van der Waals surface area contributed by atoms with Crippen molar-refractivity contribution >= 4 is 17.4 Å². The highest BCUT2D eigenvalue weighted by Crippen LogP contribution is 2.15. The summed E-state index contributed by atoms with van der Waals surface area (Å²) in [6, 6.07) is 16.5. The number of nitrogens with zero attached hydrogens (tertiary/aromatic N) is 3. The third-order valence-corrected chi connectivity index (χ3v) is 3.61. The monoisotopic (exact) mass is 347 g/mol. The molecule has 0 bridgehead atoms. The number of rotatable bonds is 5. The molecule has 1 heterocycles. The molecule has 0 spiro atoms. The van der Waals surface area contributed by atoms with Gasteiger partial charge in [-0.25, -0.2) is 14.4 Å². The van der Waals surface area contributed by atoms with Crippen LogP contribution in [-0.4, -0.2) is 15.9 Å². The van der Waals surface area contributed by atoms with Gasteiger partial charge in [-0.15, -0.1) is 0 Å². The number of hydrogen-bond donors (Lipinski definition) is 2. The summed E-state index contributed by atoms with van der Waals surface area (Å²) >= 11 is 0. The van der Waals surface area contributed by atoms with Gasteiger partial charge in [-0.1, -0.05) is 30.3 Å². The lowest BCUT2D eigenvalue weighted by Gasteiger charge is -2.09. The van der Waals surface area contributed by atoms with Gasteiger partial charge in [0.15, 0.2) is 0 Å². The quantitative estimate of drug-likeness (QED) is 0.738. The smallest absolute Gasteiger partial charge is 0.274 e. The second-order valence-electron chi connectivity index (χ2n) is 5.34. The summed E-state index contributed by atoms with van der Waals surface area (Å²) in [6.07, 6.45) is 1.24. The van der Waals surface area contributed by atoms with Gasteiger partial charge in [0.1, 0.15) is 29.7 Å². The summed E-state index contributed by atoms with van der Waals surface area (Å²) in [5.41, 5.74) is 1.37. The topological polar surface area (TPSA) is 90.7 Å². The Labute approximate surface area is 149 Å². The van der Waals surface area contributed by atoms with Crippen molar-refractivity contribution in [3.63, 3.8) is 0 Å². The maximum absolute atomic E-state index is 13.7. The lowest BCUT2D eigenvalue weighted by molar-refractivity contribution is 0.102. The van der Waals surface area contributed by atoms with Gasteiger partial charge in [0.2, 0.25) is 0 Å². The van der Waals surface area contributed by atoms with Gasteiger partial charge < -0.3 is 10.6 Å². The highest BCUT2D eigenvalue weighted by molar-refractivity contribution is 6.03. The number of nitrogens with one attached hydrogen (secondary N) is 2. The van der Waals surface area contributed by atoms with E-state index in [1.165, 1.54) is 18.5 Å². The molecule has 2 aromatic carbocycles. The van der Waals surface area contributed by atoms with Crippen LogP contribution in [0.3, 0.4) is 0 Å². The summed E-state index contributed by atoms with van der Waals surface area (Å²) in [7, 11) is 0. The van der Waals surface area contributed by atoms with Crippen molar-refractivity contribution in [2.24, 2.45) is 0 Å². The number of nitriles is 1. The van der Waals surface area contributed by atoms with Crippen LogP contribution < -0.4 is 10.6 Å². The predicted molar refractivity (Wildman–Crippen MR) is 94.9 cm³/mol. The molecular formula is C19H14FN5O. The van der Waals surface area contributed by atoms with Crippen LogP contribution in [-0.2, 0) is 6.54 Å². The van der Waals surface area contributed by atoms with Crippen LogP contribution in [0.1, 0.15) is 21.6 Å². The zero-order valence-electron chi connectivity index (χ0n) is 13.6. The summed E-state index contributed by atoms with van der Waals surface area (Å²) in [5, 5.41) is 14.7. The van der Waals surface area contributed by atoms with E-state index in [4.69, 9.17) is 5.26 Å². The first-order valence-electron chi connectivity index (χ1n) is 7.77. The highest BCUT2D eigenvalue weighted by Gasteiger charge is 2.11. The minimum atomic E-state index is -0.468. The first kappa shape index (κ1) is 17.0. The van der Waals surface area contributed by atoms with Gasteiger partial charge in [0.25, 0.3) is 5.91 Å². The van der Waals surface area contributed by atoms with Crippen molar-refractivity contribution in [3.05, 3.63) is 83.6 Å². The van der Waals surface area contributed by atoms with Crippen molar-refractivity contribution in [1.82, 2.24) is 9.97 Å². The summed E-state index contributed by atoms with van der Waals surface area (Å²) in [5.74, 6) is -0.397. The summed E-state index contributed by atoms with van der Waals surface area (Å²) < 4.78 is 13.7. The molecular weight excluding hydrogens is 333 g/mol. The Morgan fingerprint density at radius 1 is 1.12 bits per heavy atom. The van der Waals surface area contributed by atoms with E-state index >= 15 is 0 Å². The first-order chi connectivity index (χ1) is 12.7. The number of carbonyl (C=O) groups excluding carboxylic acids is 1. The van der Waals surface area contributed by atoms with Crippen LogP contribution in [0.15, 0.2) is 60.9 Å². The molecule has 128 valence electrons. The van der Waals surface area contributed by atoms with E-state index in [1.807, 2.05) is 6.07 Å². The fourth-order valence-corrected chi connectivity index (χ4v) is 2.28. The zero-order valence-corrected chi connectivity index (χ0v) is 13.6. The van der Waals surface area contributed by atoms with E-state index in [0.717, 1.165) is 0 Å². The maximum Gasteiger partial charge on any atom is 0.274 e. The Morgan fingerprint density at radius 3 is 2.69 bits per heavy atom. The Morgan fingerprint density at radius 2 is 1.88 bits per heavy atom. The molecule has 7 heteroatoms. The van der Waals surface area contributed by atoms with E-state index < -0.39 is 5.91 Å². The number of aromatic nitrogens is 2. The summed E-state index contributed by atoms with van der Waals surface area (Å²) in [6.45, 7) is 0.224. The van der Waals surface area contributed by atoms with Crippen LogP contribution in [0.25, 0.3) is 0 Å². The van der Waals surface area contributed by atoms with Gasteiger partial charge in [-0.2, -0.15) is 5.26 Å². The van der Waals surface area contributed by atoms with Crippen molar-refractivity contribution in [2.45, 2.75) is 6.54 Å². The molecule has 3 aromatic rings. The number of amides is 1. The van der Waals surface area contributed by atoms with Crippen molar-refractivity contribution < 1.29 is 9.18 Å². The molecule has 2 N–H and O–H groups in total. The van der Waals surface area contributed by atoms with E-state index in [-0.39, 0.29) is 18.1 Å². The highest BCUT2D eigenvalue weighted by atomic mass is 19.1. The summed E-state index contributed by atoms with van der Waals surface area (Å²) in [4.78, 5) is 20.3. The number of halogens is 1. The second kappa shape index (κ2) is 7.85. The van der Waals surface area contributed by atoms with Crippen LogP contribution in [0.4, 0.5) is 15.9 Å². The van der Waals surface area contributed by atoms with Gasteiger partial charge in [-0.05, 0) is 18.2 Å². The Bertz CT molecular complexity index is 983. The largest absolute Gasteiger partial charge is 0.366 e. The third-order valence-electron chi connectivity index (χ3n) is 3.61. The lowest BCUT2D eigenvalue weighted by Crippen LogP contribution is -2.15. The van der Waals surface area contributed by atoms with Crippen LogP contribution in [0.2, 0.25) is 0 Å². The molecule has 0 radical (unpaired) electrons.